The Morgan fingerprint density at radius 1 is 1.06 bits per heavy atom. The van der Waals surface area contributed by atoms with Gasteiger partial charge >= 0.3 is 0 Å². The van der Waals surface area contributed by atoms with Crippen molar-refractivity contribution in [1.82, 2.24) is 19.4 Å². The molecule has 3 N–H and O–H groups in total. The third-order valence-electron chi connectivity index (χ3n) is 7.53. The zero-order valence-corrected chi connectivity index (χ0v) is 19.9. The maximum absolute atomic E-state index is 6.75. The highest BCUT2D eigenvalue weighted by molar-refractivity contribution is 6.35. The molecule has 7 rings (SSSR count). The number of anilines is 2. The highest BCUT2D eigenvalue weighted by Gasteiger charge is 2.48. The molecule has 1 spiro atoms. The van der Waals surface area contributed by atoms with Crippen molar-refractivity contribution in [1.29, 1.82) is 0 Å². The van der Waals surface area contributed by atoms with Gasteiger partial charge in [-0.1, -0.05) is 29.8 Å². The van der Waals surface area contributed by atoms with Gasteiger partial charge in [-0.25, -0.2) is 15.0 Å². The molecular weight excluding hydrogens is 462 g/mol. The number of piperidine rings is 1. The van der Waals surface area contributed by atoms with E-state index >= 15 is 0 Å². The molecule has 1 atom stereocenters. The molecule has 8 nitrogen and oxygen atoms in total. The van der Waals surface area contributed by atoms with Gasteiger partial charge in [0.05, 0.1) is 17.3 Å². The minimum Gasteiger partial charge on any atom is -0.485 e. The van der Waals surface area contributed by atoms with E-state index in [0.717, 1.165) is 72.8 Å². The molecule has 3 aromatic heterocycles. The lowest BCUT2D eigenvalue weighted by Gasteiger charge is -2.41. The average molecular weight is 488 g/mol. The van der Waals surface area contributed by atoms with E-state index in [0.29, 0.717) is 16.9 Å². The first-order chi connectivity index (χ1) is 17.1. The lowest BCUT2D eigenvalue weighted by atomic mass is 9.83. The van der Waals surface area contributed by atoms with Crippen LogP contribution in [0.4, 0.5) is 11.6 Å². The fourth-order valence-electron chi connectivity index (χ4n) is 5.40. The minimum atomic E-state index is -0.355. The molecule has 0 amide bonds. The van der Waals surface area contributed by atoms with Gasteiger partial charge in [-0.15, -0.1) is 0 Å². The summed E-state index contributed by atoms with van der Waals surface area (Å²) in [6.07, 6.45) is 11.4. The molecule has 2 aliphatic heterocycles. The van der Waals surface area contributed by atoms with Gasteiger partial charge < -0.3 is 20.7 Å². The second-order valence-electron chi connectivity index (χ2n) is 9.70. The Morgan fingerprint density at radius 3 is 2.69 bits per heavy atom. The van der Waals surface area contributed by atoms with Gasteiger partial charge in [0.2, 0.25) is 0 Å². The lowest BCUT2D eigenvalue weighted by molar-refractivity contribution is 0.0431. The Hall–Kier alpha value is -3.36. The molecule has 2 fully saturated rings. The average Bonchev–Trinajstić information content (AvgIpc) is 3.54. The van der Waals surface area contributed by atoms with Crippen molar-refractivity contribution in [3.05, 3.63) is 65.7 Å². The Balaban J connectivity index is 1.17. The highest BCUT2D eigenvalue weighted by atomic mass is 35.5. The fourth-order valence-corrected chi connectivity index (χ4v) is 5.65. The monoisotopic (exact) mass is 487 g/mol. The van der Waals surface area contributed by atoms with Crippen LogP contribution in [0.15, 0.2) is 55.1 Å². The maximum atomic E-state index is 6.75. The Kier molecular flexibility index (Phi) is 4.69. The van der Waals surface area contributed by atoms with Crippen LogP contribution in [-0.2, 0) is 0 Å². The summed E-state index contributed by atoms with van der Waals surface area (Å²) in [5, 5.41) is 4.00. The van der Waals surface area contributed by atoms with Crippen LogP contribution >= 0.6 is 11.6 Å². The number of ether oxygens (including phenoxy) is 1. The van der Waals surface area contributed by atoms with Gasteiger partial charge in [0, 0.05) is 61.7 Å². The van der Waals surface area contributed by atoms with Gasteiger partial charge in [0.15, 0.2) is 5.82 Å². The predicted octanol–water partition coefficient (Wildman–Crippen LogP) is 4.45. The molecule has 1 saturated heterocycles. The quantitative estimate of drug-likeness (QED) is 0.439. The third kappa shape index (κ3) is 3.35. The molecule has 0 radical (unpaired) electrons. The molecule has 9 heteroatoms. The first-order valence-electron chi connectivity index (χ1n) is 12.1. The zero-order chi connectivity index (χ0) is 23.6. The van der Waals surface area contributed by atoms with Crippen LogP contribution < -0.4 is 20.7 Å². The van der Waals surface area contributed by atoms with Crippen molar-refractivity contribution in [2.24, 2.45) is 5.73 Å². The molecule has 4 aromatic rings. The first-order valence-corrected chi connectivity index (χ1v) is 12.5. The van der Waals surface area contributed by atoms with E-state index in [4.69, 9.17) is 32.0 Å². The normalized spacial score (nSPS) is 20.7. The van der Waals surface area contributed by atoms with Gasteiger partial charge in [0.25, 0.3) is 0 Å². The summed E-state index contributed by atoms with van der Waals surface area (Å²) in [4.78, 5) is 16.2. The van der Waals surface area contributed by atoms with Crippen LogP contribution in [0.1, 0.15) is 37.3 Å². The Morgan fingerprint density at radius 2 is 1.89 bits per heavy atom. The Labute approximate surface area is 208 Å². The molecule has 0 unspecified atom stereocenters. The van der Waals surface area contributed by atoms with Crippen LogP contribution in [0.5, 0.6) is 5.75 Å². The van der Waals surface area contributed by atoms with Crippen molar-refractivity contribution < 1.29 is 4.74 Å². The van der Waals surface area contributed by atoms with Crippen LogP contribution in [0, 0.1) is 0 Å². The molecule has 5 heterocycles. The number of imidazole rings is 1. The second kappa shape index (κ2) is 7.83. The SMILES string of the molecule is N[C@@H]1c2ccccc2OC12CCN(c1nccn3c(-c4ccnc(NC5CC5)c4Cl)ncc13)CC2. The number of hydrogen-bond acceptors (Lipinski definition) is 7. The number of benzene rings is 1. The summed E-state index contributed by atoms with van der Waals surface area (Å²) in [5.41, 5.74) is 9.21. The molecule has 3 aliphatic rings. The van der Waals surface area contributed by atoms with Crippen LogP contribution in [-0.4, -0.2) is 44.1 Å². The standard InChI is InChI=1S/C26H26ClN7O/c27-21-18(7-10-29-23(21)32-16-5-6-16)24-31-15-19-25(30-11-14-34(19)24)33-12-8-26(9-13-33)22(28)17-3-1-2-4-20(17)35-26/h1-4,7,10-11,14-16,22H,5-6,8-9,12-13,28H2,(H,29,32)/t22-/m1/s1. The van der Waals surface area contributed by atoms with E-state index in [1.54, 1.807) is 6.20 Å². The van der Waals surface area contributed by atoms with Gasteiger partial charge in [-0.05, 0) is 25.0 Å². The number of nitrogens with one attached hydrogen (secondary N) is 1. The minimum absolute atomic E-state index is 0.113. The molecule has 35 heavy (non-hydrogen) atoms. The predicted molar refractivity (Wildman–Crippen MR) is 136 cm³/mol. The van der Waals surface area contributed by atoms with E-state index in [9.17, 15) is 0 Å². The topological polar surface area (TPSA) is 93.6 Å². The smallest absolute Gasteiger partial charge is 0.154 e. The summed E-state index contributed by atoms with van der Waals surface area (Å²) in [5.74, 6) is 3.32. The highest BCUT2D eigenvalue weighted by Crippen LogP contribution is 2.47. The van der Waals surface area contributed by atoms with Crippen LogP contribution in [0.2, 0.25) is 5.02 Å². The van der Waals surface area contributed by atoms with E-state index in [1.165, 1.54) is 0 Å². The number of rotatable bonds is 4. The summed E-state index contributed by atoms with van der Waals surface area (Å²) < 4.78 is 8.48. The van der Waals surface area contributed by atoms with Crippen molar-refractivity contribution in [3.8, 4) is 17.1 Å². The molecule has 1 saturated carbocycles. The van der Waals surface area contributed by atoms with Crippen molar-refractivity contribution in [3.63, 3.8) is 0 Å². The zero-order valence-electron chi connectivity index (χ0n) is 19.2. The first kappa shape index (κ1) is 21.0. The summed E-state index contributed by atoms with van der Waals surface area (Å²) in [7, 11) is 0. The summed E-state index contributed by atoms with van der Waals surface area (Å²) >= 11 is 6.75. The molecule has 1 aromatic carbocycles. The lowest BCUT2D eigenvalue weighted by Crippen LogP contribution is -2.51. The van der Waals surface area contributed by atoms with E-state index in [2.05, 4.69) is 25.7 Å². The van der Waals surface area contributed by atoms with Gasteiger partial charge in [0.1, 0.15) is 28.5 Å². The third-order valence-corrected chi connectivity index (χ3v) is 7.91. The summed E-state index contributed by atoms with van der Waals surface area (Å²) in [6.45, 7) is 1.61. The largest absolute Gasteiger partial charge is 0.485 e. The summed E-state index contributed by atoms with van der Waals surface area (Å²) in [6, 6.07) is 10.4. The maximum Gasteiger partial charge on any atom is 0.154 e. The number of fused-ring (bicyclic) bond motifs is 2. The van der Waals surface area contributed by atoms with Crippen molar-refractivity contribution >= 4 is 28.8 Å². The number of pyridine rings is 1. The number of halogens is 1. The Bertz CT molecular complexity index is 1420. The number of aromatic nitrogens is 4. The molecule has 178 valence electrons. The van der Waals surface area contributed by atoms with E-state index in [-0.39, 0.29) is 11.6 Å². The van der Waals surface area contributed by atoms with Gasteiger partial charge in [-0.2, -0.15) is 0 Å². The fraction of sp³-hybridized carbons (Fsp3) is 0.346. The molecular formula is C26H26ClN7O. The van der Waals surface area contributed by atoms with E-state index in [1.807, 2.05) is 42.9 Å². The number of para-hydroxylation sites is 1. The second-order valence-corrected chi connectivity index (χ2v) is 10.1. The molecule has 0 bridgehead atoms. The number of hydrogen-bond donors (Lipinski definition) is 2. The van der Waals surface area contributed by atoms with Gasteiger partial charge in [-0.3, -0.25) is 4.40 Å². The number of nitrogens with two attached hydrogens (primary N) is 1. The van der Waals surface area contributed by atoms with Crippen LogP contribution in [0.25, 0.3) is 16.9 Å². The number of nitrogens with zero attached hydrogens (tertiary/aromatic N) is 5. The molecule has 1 aliphatic carbocycles. The van der Waals surface area contributed by atoms with Crippen molar-refractivity contribution in [2.45, 2.75) is 43.4 Å². The van der Waals surface area contributed by atoms with Crippen LogP contribution in [0.3, 0.4) is 0 Å². The van der Waals surface area contributed by atoms with E-state index < -0.39 is 0 Å². The van der Waals surface area contributed by atoms with Crippen molar-refractivity contribution in [2.75, 3.05) is 23.3 Å².